The topological polar surface area (TPSA) is 101 Å². The van der Waals surface area contributed by atoms with E-state index in [0.29, 0.717) is 13.0 Å². The zero-order valence-corrected chi connectivity index (χ0v) is 12.1. The maximum Gasteiger partial charge on any atom is 0.335 e. The van der Waals surface area contributed by atoms with Crippen LogP contribution in [0.25, 0.3) is 0 Å². The van der Waals surface area contributed by atoms with E-state index in [-0.39, 0.29) is 10.5 Å². The summed E-state index contributed by atoms with van der Waals surface area (Å²) in [5.41, 5.74) is -0.132. The first kappa shape index (κ1) is 16.2. The summed E-state index contributed by atoms with van der Waals surface area (Å²) in [6.07, 6.45) is 0.701. The van der Waals surface area contributed by atoms with Crippen LogP contribution in [0, 0.1) is 0 Å². The number of rotatable bonds is 6. The fraction of sp³-hybridized carbons (Fsp3) is 0.385. The van der Waals surface area contributed by atoms with Crippen molar-refractivity contribution in [2.24, 2.45) is 0 Å². The SMILES string of the molecule is CCCNC(=O)C(C)S(=O)(=O)c1cccc(C(=O)O)c1. The molecule has 0 heterocycles. The Balaban J connectivity index is 3.07. The molecule has 0 saturated heterocycles. The molecule has 0 spiro atoms. The summed E-state index contributed by atoms with van der Waals surface area (Å²) in [5, 5.41) is 10.1. The molecule has 7 heteroatoms. The molecule has 0 aliphatic rings. The molecule has 2 N–H and O–H groups in total. The van der Waals surface area contributed by atoms with Gasteiger partial charge in [0.15, 0.2) is 9.84 Å². The lowest BCUT2D eigenvalue weighted by Gasteiger charge is -2.13. The number of aromatic carboxylic acids is 1. The van der Waals surface area contributed by atoms with Crippen LogP contribution in [-0.2, 0) is 14.6 Å². The fourth-order valence-electron chi connectivity index (χ4n) is 1.54. The van der Waals surface area contributed by atoms with Crippen LogP contribution < -0.4 is 5.32 Å². The Kier molecular flexibility index (Phi) is 5.26. The van der Waals surface area contributed by atoms with Gasteiger partial charge in [0.1, 0.15) is 5.25 Å². The molecule has 1 atom stereocenters. The second-order valence-corrected chi connectivity index (χ2v) is 6.58. The molecule has 0 fully saturated rings. The first-order valence-electron chi connectivity index (χ1n) is 6.15. The first-order chi connectivity index (χ1) is 9.30. The molecule has 0 aliphatic carbocycles. The summed E-state index contributed by atoms with van der Waals surface area (Å²) in [6.45, 7) is 3.54. The standard InChI is InChI=1S/C13H17NO5S/c1-3-7-14-12(15)9(2)20(18,19)11-6-4-5-10(8-11)13(16)17/h4-6,8-9H,3,7H2,1-2H3,(H,14,15)(H,16,17). The third-order valence-electron chi connectivity index (χ3n) is 2.79. The van der Waals surface area contributed by atoms with Crippen molar-refractivity contribution in [3.05, 3.63) is 29.8 Å². The molecule has 1 rings (SSSR count). The van der Waals surface area contributed by atoms with Gasteiger partial charge in [-0.1, -0.05) is 13.0 Å². The molecule has 0 saturated carbocycles. The van der Waals surface area contributed by atoms with E-state index < -0.39 is 27.0 Å². The molecular weight excluding hydrogens is 282 g/mol. The van der Waals surface area contributed by atoms with E-state index in [4.69, 9.17) is 5.11 Å². The van der Waals surface area contributed by atoms with E-state index in [0.717, 1.165) is 6.07 Å². The maximum absolute atomic E-state index is 12.3. The van der Waals surface area contributed by atoms with Gasteiger partial charge in [0, 0.05) is 6.54 Å². The van der Waals surface area contributed by atoms with Crippen LogP contribution in [-0.4, -0.2) is 37.2 Å². The van der Waals surface area contributed by atoms with Crippen molar-refractivity contribution in [3.63, 3.8) is 0 Å². The van der Waals surface area contributed by atoms with Crippen molar-refractivity contribution in [2.75, 3.05) is 6.54 Å². The number of sulfone groups is 1. The summed E-state index contributed by atoms with van der Waals surface area (Å²) in [6, 6.07) is 4.98. The first-order valence-corrected chi connectivity index (χ1v) is 7.70. The van der Waals surface area contributed by atoms with E-state index in [2.05, 4.69) is 5.32 Å². The van der Waals surface area contributed by atoms with Gasteiger partial charge in [-0.15, -0.1) is 0 Å². The number of carbonyl (C=O) groups excluding carboxylic acids is 1. The highest BCUT2D eigenvalue weighted by atomic mass is 32.2. The zero-order valence-electron chi connectivity index (χ0n) is 11.3. The molecule has 0 aliphatic heterocycles. The normalized spacial score (nSPS) is 12.7. The Labute approximate surface area is 117 Å². The molecular formula is C13H17NO5S. The van der Waals surface area contributed by atoms with Crippen LogP contribution in [0.2, 0.25) is 0 Å². The van der Waals surface area contributed by atoms with Crippen LogP contribution in [0.15, 0.2) is 29.2 Å². The second kappa shape index (κ2) is 6.51. The molecule has 110 valence electrons. The second-order valence-electron chi connectivity index (χ2n) is 4.31. The lowest BCUT2D eigenvalue weighted by Crippen LogP contribution is -2.38. The van der Waals surface area contributed by atoms with Gasteiger partial charge in [-0.25, -0.2) is 13.2 Å². The van der Waals surface area contributed by atoms with E-state index in [1.165, 1.54) is 25.1 Å². The molecule has 0 radical (unpaired) electrons. The third-order valence-corrected chi connectivity index (χ3v) is 4.85. The van der Waals surface area contributed by atoms with Crippen molar-refractivity contribution in [1.82, 2.24) is 5.32 Å². The number of amides is 1. The number of carboxylic acid groups (broad SMARTS) is 1. The van der Waals surface area contributed by atoms with Crippen molar-refractivity contribution in [1.29, 1.82) is 0 Å². The number of carbonyl (C=O) groups is 2. The van der Waals surface area contributed by atoms with Gasteiger partial charge < -0.3 is 10.4 Å². The van der Waals surface area contributed by atoms with E-state index in [9.17, 15) is 18.0 Å². The van der Waals surface area contributed by atoms with Crippen LogP contribution in [0.1, 0.15) is 30.6 Å². The van der Waals surface area contributed by atoms with Crippen LogP contribution in [0.3, 0.4) is 0 Å². The Morgan fingerprint density at radius 1 is 1.35 bits per heavy atom. The number of benzene rings is 1. The average Bonchev–Trinajstić information content (AvgIpc) is 2.43. The minimum absolute atomic E-state index is 0.132. The van der Waals surface area contributed by atoms with Crippen molar-refractivity contribution < 1.29 is 23.1 Å². The molecule has 1 unspecified atom stereocenters. The quantitative estimate of drug-likeness (QED) is 0.818. The summed E-state index contributed by atoms with van der Waals surface area (Å²) in [5.74, 6) is -1.81. The number of carboxylic acids is 1. The summed E-state index contributed by atoms with van der Waals surface area (Å²) in [4.78, 5) is 22.4. The van der Waals surface area contributed by atoms with Crippen molar-refractivity contribution >= 4 is 21.7 Å². The Morgan fingerprint density at radius 2 is 2.00 bits per heavy atom. The highest BCUT2D eigenvalue weighted by Crippen LogP contribution is 2.17. The largest absolute Gasteiger partial charge is 0.478 e. The van der Waals surface area contributed by atoms with Crippen LogP contribution in [0.5, 0.6) is 0 Å². The van der Waals surface area contributed by atoms with E-state index in [1.54, 1.807) is 0 Å². The minimum Gasteiger partial charge on any atom is -0.478 e. The van der Waals surface area contributed by atoms with Gasteiger partial charge in [-0.3, -0.25) is 4.79 Å². The highest BCUT2D eigenvalue weighted by molar-refractivity contribution is 7.92. The lowest BCUT2D eigenvalue weighted by atomic mass is 10.2. The smallest absolute Gasteiger partial charge is 0.335 e. The summed E-state index contributed by atoms with van der Waals surface area (Å²) >= 11 is 0. The molecule has 1 amide bonds. The summed E-state index contributed by atoms with van der Waals surface area (Å²) < 4.78 is 24.5. The fourth-order valence-corrected chi connectivity index (χ4v) is 2.88. The molecule has 0 aromatic heterocycles. The Hall–Kier alpha value is -1.89. The maximum atomic E-state index is 12.3. The molecule has 20 heavy (non-hydrogen) atoms. The highest BCUT2D eigenvalue weighted by Gasteiger charge is 2.29. The van der Waals surface area contributed by atoms with Crippen molar-refractivity contribution in [2.45, 2.75) is 30.4 Å². The molecule has 1 aromatic carbocycles. The van der Waals surface area contributed by atoms with Gasteiger partial charge in [-0.2, -0.15) is 0 Å². The lowest BCUT2D eigenvalue weighted by molar-refractivity contribution is -0.120. The number of hydrogen-bond acceptors (Lipinski definition) is 4. The monoisotopic (exact) mass is 299 g/mol. The van der Waals surface area contributed by atoms with Crippen LogP contribution in [0.4, 0.5) is 0 Å². The molecule has 1 aromatic rings. The molecule has 6 nitrogen and oxygen atoms in total. The number of nitrogens with one attached hydrogen (secondary N) is 1. The minimum atomic E-state index is -3.90. The Morgan fingerprint density at radius 3 is 2.55 bits per heavy atom. The van der Waals surface area contributed by atoms with Gasteiger partial charge in [0.25, 0.3) is 0 Å². The predicted molar refractivity (Wildman–Crippen MR) is 73.3 cm³/mol. The predicted octanol–water partition coefficient (Wildman–Crippen LogP) is 1.07. The van der Waals surface area contributed by atoms with Gasteiger partial charge in [0.2, 0.25) is 5.91 Å². The van der Waals surface area contributed by atoms with E-state index >= 15 is 0 Å². The third kappa shape index (κ3) is 3.57. The van der Waals surface area contributed by atoms with Gasteiger partial charge >= 0.3 is 5.97 Å². The zero-order chi connectivity index (χ0) is 15.3. The van der Waals surface area contributed by atoms with Crippen molar-refractivity contribution in [3.8, 4) is 0 Å². The van der Waals surface area contributed by atoms with E-state index in [1.807, 2.05) is 6.92 Å². The number of hydrogen-bond donors (Lipinski definition) is 2. The van der Waals surface area contributed by atoms with Gasteiger partial charge in [0.05, 0.1) is 10.5 Å². The van der Waals surface area contributed by atoms with Gasteiger partial charge in [-0.05, 0) is 31.5 Å². The molecule has 0 bridgehead atoms. The average molecular weight is 299 g/mol. The van der Waals surface area contributed by atoms with Crippen LogP contribution >= 0.6 is 0 Å². The summed E-state index contributed by atoms with van der Waals surface area (Å²) in [7, 11) is -3.90. The Bertz CT molecular complexity index is 609.